The summed E-state index contributed by atoms with van der Waals surface area (Å²) in [5.74, 6) is 0. The Hall–Kier alpha value is -1.42. The standard InChI is InChI=1S/C10H10ClNO3/c1-10(2,6-13)7-3-4-9(12(14)15)8(11)5-7/h3-6H,1-2H3. The molecule has 1 aromatic carbocycles. The van der Waals surface area contributed by atoms with Crippen LogP contribution in [-0.4, -0.2) is 11.2 Å². The molecule has 0 unspecified atom stereocenters. The van der Waals surface area contributed by atoms with E-state index in [0.29, 0.717) is 5.56 Å². The molecule has 0 radical (unpaired) electrons. The van der Waals surface area contributed by atoms with Gasteiger partial charge in [0.05, 0.1) is 4.92 Å². The first kappa shape index (κ1) is 11.7. The minimum absolute atomic E-state index is 0.0485. The van der Waals surface area contributed by atoms with Crippen LogP contribution in [0.25, 0.3) is 0 Å². The Morgan fingerprint density at radius 2 is 2.07 bits per heavy atom. The number of benzene rings is 1. The Morgan fingerprint density at radius 3 is 2.47 bits per heavy atom. The number of aldehydes is 1. The van der Waals surface area contributed by atoms with Crippen molar-refractivity contribution in [1.29, 1.82) is 0 Å². The molecule has 0 fully saturated rings. The second kappa shape index (κ2) is 3.98. The Bertz CT molecular complexity index is 415. The first-order valence-electron chi connectivity index (χ1n) is 4.29. The van der Waals surface area contributed by atoms with Gasteiger partial charge in [0.25, 0.3) is 5.69 Å². The third kappa shape index (κ3) is 2.33. The number of nitro groups is 1. The molecule has 0 aliphatic heterocycles. The van der Waals surface area contributed by atoms with Gasteiger partial charge in [-0.1, -0.05) is 17.7 Å². The first-order chi connectivity index (χ1) is 6.88. The van der Waals surface area contributed by atoms with E-state index in [1.165, 1.54) is 12.1 Å². The van der Waals surface area contributed by atoms with Gasteiger partial charge in [-0.05, 0) is 25.5 Å². The van der Waals surface area contributed by atoms with Gasteiger partial charge in [0.1, 0.15) is 11.3 Å². The van der Waals surface area contributed by atoms with Gasteiger partial charge in [-0.2, -0.15) is 0 Å². The number of halogens is 1. The predicted octanol–water partition coefficient (Wildman–Crippen LogP) is 2.72. The first-order valence-corrected chi connectivity index (χ1v) is 4.67. The normalized spacial score (nSPS) is 11.1. The molecule has 4 nitrogen and oxygen atoms in total. The van der Waals surface area contributed by atoms with Gasteiger partial charge < -0.3 is 4.79 Å². The van der Waals surface area contributed by atoms with E-state index < -0.39 is 10.3 Å². The molecular formula is C10H10ClNO3. The smallest absolute Gasteiger partial charge is 0.287 e. The van der Waals surface area contributed by atoms with E-state index in [4.69, 9.17) is 11.6 Å². The summed E-state index contributed by atoms with van der Waals surface area (Å²) >= 11 is 5.73. The zero-order valence-electron chi connectivity index (χ0n) is 8.36. The van der Waals surface area contributed by atoms with Crippen LogP contribution in [0.3, 0.4) is 0 Å². The van der Waals surface area contributed by atoms with Crippen molar-refractivity contribution >= 4 is 23.6 Å². The van der Waals surface area contributed by atoms with Crippen LogP contribution in [0.15, 0.2) is 18.2 Å². The van der Waals surface area contributed by atoms with Crippen molar-refractivity contribution in [2.75, 3.05) is 0 Å². The highest BCUT2D eigenvalue weighted by molar-refractivity contribution is 6.32. The van der Waals surface area contributed by atoms with Crippen LogP contribution in [0.1, 0.15) is 19.4 Å². The molecule has 0 spiro atoms. The summed E-state index contributed by atoms with van der Waals surface area (Å²) in [5.41, 5.74) is -0.172. The fourth-order valence-electron chi connectivity index (χ4n) is 1.12. The lowest BCUT2D eigenvalue weighted by Gasteiger charge is -2.17. The molecule has 0 saturated carbocycles. The highest BCUT2D eigenvalue weighted by Crippen LogP contribution is 2.30. The van der Waals surface area contributed by atoms with E-state index >= 15 is 0 Å². The molecule has 0 aliphatic rings. The molecule has 1 rings (SSSR count). The minimum atomic E-state index is -0.682. The Labute approximate surface area is 92.0 Å². The zero-order valence-corrected chi connectivity index (χ0v) is 9.12. The summed E-state index contributed by atoms with van der Waals surface area (Å²) < 4.78 is 0. The van der Waals surface area contributed by atoms with Gasteiger partial charge in [-0.25, -0.2) is 0 Å². The van der Waals surface area contributed by atoms with Crippen LogP contribution in [0.4, 0.5) is 5.69 Å². The van der Waals surface area contributed by atoms with E-state index in [-0.39, 0.29) is 10.7 Å². The molecule has 0 heterocycles. The third-order valence-corrected chi connectivity index (χ3v) is 2.49. The highest BCUT2D eigenvalue weighted by atomic mass is 35.5. The molecule has 0 bridgehead atoms. The van der Waals surface area contributed by atoms with E-state index in [0.717, 1.165) is 6.29 Å². The summed E-state index contributed by atoms with van der Waals surface area (Å²) in [7, 11) is 0. The van der Waals surface area contributed by atoms with Crippen molar-refractivity contribution in [3.05, 3.63) is 38.9 Å². The Balaban J connectivity index is 3.23. The van der Waals surface area contributed by atoms with E-state index in [2.05, 4.69) is 0 Å². The van der Waals surface area contributed by atoms with Gasteiger partial charge in [0, 0.05) is 11.5 Å². The summed E-state index contributed by atoms with van der Waals surface area (Å²) in [6.07, 6.45) is 0.782. The van der Waals surface area contributed by atoms with Gasteiger partial charge in [0.2, 0.25) is 0 Å². The molecule has 0 aromatic heterocycles. The van der Waals surface area contributed by atoms with Crippen LogP contribution >= 0.6 is 11.6 Å². The molecule has 0 atom stereocenters. The van der Waals surface area contributed by atoms with Crippen LogP contribution in [0.5, 0.6) is 0 Å². The van der Waals surface area contributed by atoms with Crippen molar-refractivity contribution in [1.82, 2.24) is 0 Å². The molecule has 0 N–H and O–H groups in total. The van der Waals surface area contributed by atoms with Crippen LogP contribution in [0, 0.1) is 10.1 Å². The lowest BCUT2D eigenvalue weighted by atomic mass is 9.86. The number of hydrogen-bond acceptors (Lipinski definition) is 3. The van der Waals surface area contributed by atoms with Crippen molar-refractivity contribution in [3.63, 3.8) is 0 Å². The molecule has 0 aliphatic carbocycles. The number of nitro benzene ring substituents is 1. The minimum Gasteiger partial charge on any atom is -0.302 e. The van der Waals surface area contributed by atoms with Crippen LogP contribution in [0.2, 0.25) is 5.02 Å². The number of hydrogen-bond donors (Lipinski definition) is 0. The summed E-state index contributed by atoms with van der Waals surface area (Å²) in [6, 6.07) is 4.30. The molecule has 15 heavy (non-hydrogen) atoms. The number of carbonyl (C=O) groups is 1. The Kier molecular flexibility index (Phi) is 3.09. The SMILES string of the molecule is CC(C)(C=O)c1ccc([N+](=O)[O-])c(Cl)c1. The second-order valence-electron chi connectivity index (χ2n) is 3.76. The average molecular weight is 228 g/mol. The van der Waals surface area contributed by atoms with Gasteiger partial charge >= 0.3 is 0 Å². The lowest BCUT2D eigenvalue weighted by molar-refractivity contribution is -0.384. The maximum Gasteiger partial charge on any atom is 0.287 e. The summed E-state index contributed by atoms with van der Waals surface area (Å²) in [4.78, 5) is 20.7. The zero-order chi connectivity index (χ0) is 11.6. The molecule has 1 aromatic rings. The number of rotatable bonds is 3. The van der Waals surface area contributed by atoms with E-state index in [1.807, 2.05) is 0 Å². The van der Waals surface area contributed by atoms with Crippen LogP contribution < -0.4 is 0 Å². The van der Waals surface area contributed by atoms with Crippen molar-refractivity contribution in [3.8, 4) is 0 Å². The molecule has 0 saturated heterocycles. The van der Waals surface area contributed by atoms with Crippen molar-refractivity contribution < 1.29 is 9.72 Å². The monoisotopic (exact) mass is 227 g/mol. The van der Waals surface area contributed by atoms with Gasteiger partial charge in [-0.3, -0.25) is 10.1 Å². The van der Waals surface area contributed by atoms with Gasteiger partial charge in [-0.15, -0.1) is 0 Å². The molecule has 5 heteroatoms. The van der Waals surface area contributed by atoms with E-state index in [9.17, 15) is 14.9 Å². The average Bonchev–Trinajstić information content (AvgIpc) is 2.17. The Morgan fingerprint density at radius 1 is 1.47 bits per heavy atom. The van der Waals surface area contributed by atoms with Crippen molar-refractivity contribution in [2.45, 2.75) is 19.3 Å². The topological polar surface area (TPSA) is 60.2 Å². The molecule has 80 valence electrons. The fourth-order valence-corrected chi connectivity index (χ4v) is 1.37. The molecule has 0 amide bonds. The lowest BCUT2D eigenvalue weighted by Crippen LogP contribution is -2.18. The number of nitrogens with zero attached hydrogens (tertiary/aromatic N) is 1. The quantitative estimate of drug-likeness (QED) is 0.453. The maximum atomic E-state index is 10.8. The van der Waals surface area contributed by atoms with Gasteiger partial charge in [0.15, 0.2) is 0 Å². The van der Waals surface area contributed by atoms with E-state index in [1.54, 1.807) is 19.9 Å². The maximum absolute atomic E-state index is 10.8. The summed E-state index contributed by atoms with van der Waals surface area (Å²) in [5, 5.41) is 10.6. The molecular weight excluding hydrogens is 218 g/mol. The third-order valence-electron chi connectivity index (χ3n) is 2.18. The fraction of sp³-hybridized carbons (Fsp3) is 0.300. The number of carbonyl (C=O) groups excluding carboxylic acids is 1. The largest absolute Gasteiger partial charge is 0.302 e. The second-order valence-corrected chi connectivity index (χ2v) is 4.17. The van der Waals surface area contributed by atoms with Crippen molar-refractivity contribution in [2.24, 2.45) is 0 Å². The van der Waals surface area contributed by atoms with Crippen LogP contribution in [-0.2, 0) is 10.2 Å². The highest BCUT2D eigenvalue weighted by Gasteiger charge is 2.22. The summed E-state index contributed by atoms with van der Waals surface area (Å²) in [6.45, 7) is 3.44. The predicted molar refractivity (Wildman–Crippen MR) is 57.2 cm³/mol.